The lowest BCUT2D eigenvalue weighted by Gasteiger charge is -2.40. The van der Waals surface area contributed by atoms with E-state index in [0.717, 1.165) is 94.6 Å². The van der Waals surface area contributed by atoms with Gasteiger partial charge in [-0.15, -0.1) is 0 Å². The van der Waals surface area contributed by atoms with Crippen molar-refractivity contribution in [1.29, 1.82) is 0 Å². The average Bonchev–Trinajstić information content (AvgIpc) is 3.48. The normalized spacial score (nSPS) is 20.3. The lowest BCUT2D eigenvalue weighted by atomic mass is 10.0. The number of nitrogens with one attached hydrogen (secondary N) is 1. The number of Topliss-reactive ketones (excluding diaryl/α,β-unsaturated/α-hetero) is 1. The zero-order chi connectivity index (χ0) is 28.2. The number of pyridine rings is 2. The van der Waals surface area contributed by atoms with Crippen molar-refractivity contribution in [2.24, 2.45) is 9.98 Å². The number of aromatic nitrogens is 2. The summed E-state index contributed by atoms with van der Waals surface area (Å²) in [7, 11) is 0. The molecule has 4 heterocycles. The number of hydrogen-bond acceptors (Lipinski definition) is 8. The summed E-state index contributed by atoms with van der Waals surface area (Å²) >= 11 is 0. The van der Waals surface area contributed by atoms with Gasteiger partial charge in [-0.05, 0) is 58.7 Å². The van der Waals surface area contributed by atoms with Gasteiger partial charge in [0.1, 0.15) is 17.5 Å². The molecule has 40 heavy (non-hydrogen) atoms. The predicted molar refractivity (Wildman–Crippen MR) is 160 cm³/mol. The third kappa shape index (κ3) is 5.88. The average molecular weight is 548 g/mol. The third-order valence-electron chi connectivity index (χ3n) is 8.59. The fraction of sp³-hybridized carbons (Fsp3) is 0.567. The number of carbonyl (C=O) groups excluding carboxylic acids is 1. The lowest BCUT2D eigenvalue weighted by Crippen LogP contribution is -2.48. The second-order valence-electron chi connectivity index (χ2n) is 11.1. The van der Waals surface area contributed by atoms with Gasteiger partial charge in [0, 0.05) is 55.9 Å². The molecule has 1 N–H and O–H groups in total. The van der Waals surface area contributed by atoms with Gasteiger partial charge in [0.2, 0.25) is 0 Å². The van der Waals surface area contributed by atoms with E-state index in [4.69, 9.17) is 4.74 Å². The molecule has 0 aromatic carbocycles. The van der Waals surface area contributed by atoms with Crippen LogP contribution in [0.4, 0.5) is 5.82 Å². The van der Waals surface area contributed by atoms with Crippen LogP contribution in [-0.2, 0) is 4.74 Å². The van der Waals surface area contributed by atoms with Gasteiger partial charge in [-0.1, -0.05) is 12.8 Å². The molecule has 1 aliphatic carbocycles. The highest BCUT2D eigenvalue weighted by atomic mass is 16.5. The Morgan fingerprint density at radius 1 is 1.10 bits per heavy atom. The van der Waals surface area contributed by atoms with Crippen LogP contribution in [0.25, 0.3) is 10.9 Å². The highest BCUT2D eigenvalue weighted by Gasteiger charge is 2.27. The number of anilines is 1. The monoisotopic (exact) mass is 547 g/mol. The molecule has 0 amide bonds. The zero-order valence-electron chi connectivity index (χ0n) is 24.0. The summed E-state index contributed by atoms with van der Waals surface area (Å²) in [6, 6.07) is 2.58. The van der Waals surface area contributed by atoms with Gasteiger partial charge in [0.25, 0.3) is 5.56 Å². The first-order valence-corrected chi connectivity index (χ1v) is 14.5. The van der Waals surface area contributed by atoms with Crippen LogP contribution in [-0.4, -0.2) is 83.1 Å². The fourth-order valence-corrected chi connectivity index (χ4v) is 6.46. The van der Waals surface area contributed by atoms with E-state index in [9.17, 15) is 9.59 Å². The van der Waals surface area contributed by atoms with E-state index in [1.165, 1.54) is 6.92 Å². The van der Waals surface area contributed by atoms with E-state index in [1.807, 2.05) is 24.5 Å². The smallest absolute Gasteiger partial charge is 0.262 e. The molecule has 2 aliphatic heterocycles. The zero-order valence-corrected chi connectivity index (χ0v) is 24.0. The standard InChI is InChI=1S/C30H41N7O3/c1-20-25-18-33-27(17-26(25)37(24-7-5-6-8-24)30(39)29(20)21(2)38)34-22(3)32-19-28(31-4)36-11-9-23(10-12-36)35-13-15-40-16-14-35/h17-19,23-24H,4-16H2,1-3H3,(H,32,33,34)/b28-19+. The third-order valence-corrected chi connectivity index (χ3v) is 8.59. The fourth-order valence-electron chi connectivity index (χ4n) is 6.46. The van der Waals surface area contributed by atoms with Crippen LogP contribution in [0.15, 0.2) is 39.1 Å². The Kier molecular flexibility index (Phi) is 8.75. The van der Waals surface area contributed by atoms with Crippen LogP contribution < -0.4 is 10.9 Å². The summed E-state index contributed by atoms with van der Waals surface area (Å²) < 4.78 is 7.33. The molecule has 5 rings (SSSR count). The van der Waals surface area contributed by atoms with Gasteiger partial charge in [-0.25, -0.2) is 15.0 Å². The lowest BCUT2D eigenvalue weighted by molar-refractivity contribution is 0.00335. The number of rotatable bonds is 7. The molecule has 2 aromatic rings. The first-order chi connectivity index (χ1) is 19.4. The number of amidine groups is 1. The maximum absolute atomic E-state index is 13.5. The molecule has 2 saturated heterocycles. The summed E-state index contributed by atoms with van der Waals surface area (Å²) in [6.45, 7) is 14.5. The minimum atomic E-state index is -0.204. The van der Waals surface area contributed by atoms with E-state index in [1.54, 1.807) is 12.4 Å². The van der Waals surface area contributed by atoms with Gasteiger partial charge in [-0.2, -0.15) is 0 Å². The number of carbonyl (C=O) groups is 1. The van der Waals surface area contributed by atoms with E-state index in [2.05, 4.69) is 36.8 Å². The SMILES string of the molecule is C=N/C(=C\N=C(/C)Nc1cc2c(cn1)c(C)c(C(C)=O)c(=O)n2C1CCCC1)N1CCC(N2CCOCC2)CC1. The molecule has 0 unspecified atom stereocenters. The maximum atomic E-state index is 13.5. The summed E-state index contributed by atoms with van der Waals surface area (Å²) in [4.78, 5) is 44.1. The number of ether oxygens (including phenoxy) is 1. The molecule has 10 nitrogen and oxygen atoms in total. The molecule has 2 aromatic heterocycles. The second kappa shape index (κ2) is 12.4. The Morgan fingerprint density at radius 2 is 1.80 bits per heavy atom. The van der Waals surface area contributed by atoms with Crippen LogP contribution in [0.5, 0.6) is 0 Å². The van der Waals surface area contributed by atoms with Crippen LogP contribution in [0.3, 0.4) is 0 Å². The minimum Gasteiger partial charge on any atom is -0.379 e. The number of hydrogen-bond donors (Lipinski definition) is 1. The molecule has 0 spiro atoms. The highest BCUT2D eigenvalue weighted by Crippen LogP contribution is 2.33. The number of aliphatic imine (C=N–C) groups is 2. The first-order valence-electron chi connectivity index (χ1n) is 14.5. The van der Waals surface area contributed by atoms with Crippen LogP contribution in [0.1, 0.15) is 74.3 Å². The summed E-state index contributed by atoms with van der Waals surface area (Å²) in [6.07, 6.45) is 9.72. The van der Waals surface area contributed by atoms with Crippen molar-refractivity contribution >= 4 is 35.1 Å². The molecule has 0 bridgehead atoms. The van der Waals surface area contributed by atoms with E-state index < -0.39 is 0 Å². The number of morpholine rings is 1. The Hall–Kier alpha value is -3.37. The van der Waals surface area contributed by atoms with Crippen molar-refractivity contribution in [3.63, 3.8) is 0 Å². The molecule has 10 heteroatoms. The topological polar surface area (TPSA) is 104 Å². The molecule has 3 aliphatic rings. The largest absolute Gasteiger partial charge is 0.379 e. The molecule has 214 valence electrons. The van der Waals surface area contributed by atoms with Gasteiger partial charge in [0.05, 0.1) is 30.5 Å². The van der Waals surface area contributed by atoms with Gasteiger partial charge in [-0.3, -0.25) is 14.5 Å². The number of fused-ring (bicyclic) bond motifs is 1. The maximum Gasteiger partial charge on any atom is 0.262 e. The number of nitrogens with zero attached hydrogens (tertiary/aromatic N) is 6. The Morgan fingerprint density at radius 3 is 2.45 bits per heavy atom. The molecular weight excluding hydrogens is 506 g/mol. The number of likely N-dealkylation sites (tertiary alicyclic amines) is 1. The van der Waals surface area contributed by atoms with Crippen molar-refractivity contribution in [2.45, 2.75) is 71.4 Å². The first kappa shape index (κ1) is 28.2. The van der Waals surface area contributed by atoms with Crippen molar-refractivity contribution in [3.05, 3.63) is 45.8 Å². The molecular formula is C30H41N7O3. The molecule has 0 radical (unpaired) electrons. The molecule has 3 fully saturated rings. The number of piperidine rings is 1. The Balaban J connectivity index is 1.34. The Labute approximate surface area is 235 Å². The van der Waals surface area contributed by atoms with Gasteiger partial charge >= 0.3 is 0 Å². The minimum absolute atomic E-state index is 0.0928. The van der Waals surface area contributed by atoms with Crippen molar-refractivity contribution in [3.8, 4) is 0 Å². The summed E-state index contributed by atoms with van der Waals surface area (Å²) in [5, 5.41) is 4.10. The van der Waals surface area contributed by atoms with Crippen LogP contribution in [0, 0.1) is 6.92 Å². The quantitative estimate of drug-likeness (QED) is 0.315. The second-order valence-corrected chi connectivity index (χ2v) is 11.1. The number of aryl methyl sites for hydroxylation is 1. The summed E-state index contributed by atoms with van der Waals surface area (Å²) in [5.41, 5.74) is 1.56. The van der Waals surface area contributed by atoms with Crippen molar-refractivity contribution < 1.29 is 9.53 Å². The van der Waals surface area contributed by atoms with Gasteiger partial charge < -0.3 is 19.5 Å². The van der Waals surface area contributed by atoms with Crippen molar-refractivity contribution in [1.82, 2.24) is 19.4 Å². The Bertz CT molecular complexity index is 1380. The van der Waals surface area contributed by atoms with E-state index in [0.29, 0.717) is 23.3 Å². The van der Waals surface area contributed by atoms with E-state index in [-0.39, 0.29) is 22.9 Å². The highest BCUT2D eigenvalue weighted by molar-refractivity contribution is 6.01. The molecule has 0 atom stereocenters. The van der Waals surface area contributed by atoms with Gasteiger partial charge in [0.15, 0.2) is 5.78 Å². The summed E-state index contributed by atoms with van der Waals surface area (Å²) in [5.74, 6) is 1.81. The predicted octanol–water partition coefficient (Wildman–Crippen LogP) is 4.15. The van der Waals surface area contributed by atoms with Crippen LogP contribution in [0.2, 0.25) is 0 Å². The van der Waals surface area contributed by atoms with E-state index >= 15 is 0 Å². The van der Waals surface area contributed by atoms with Crippen molar-refractivity contribution in [2.75, 3.05) is 44.7 Å². The molecule has 1 saturated carbocycles. The van der Waals surface area contributed by atoms with Crippen LogP contribution >= 0.6 is 0 Å². The number of ketones is 1.